The lowest BCUT2D eigenvalue weighted by atomic mass is 9.98. The van der Waals surface area contributed by atoms with Crippen LogP contribution in [0.25, 0.3) is 0 Å². The summed E-state index contributed by atoms with van der Waals surface area (Å²) in [5.41, 5.74) is 0. The maximum absolute atomic E-state index is 12.6. The van der Waals surface area contributed by atoms with Crippen LogP contribution in [0.5, 0.6) is 0 Å². The molecule has 2 saturated heterocycles. The lowest BCUT2D eigenvalue weighted by Gasteiger charge is -2.36. The third kappa shape index (κ3) is 4.18. The van der Waals surface area contributed by atoms with E-state index in [9.17, 15) is 4.79 Å². The summed E-state index contributed by atoms with van der Waals surface area (Å²) in [6.07, 6.45) is 5.74. The highest BCUT2D eigenvalue weighted by atomic mass is 16.5. The Hall–Kier alpha value is -0.610. The second kappa shape index (κ2) is 7.25. The predicted molar refractivity (Wildman–Crippen MR) is 76.0 cm³/mol. The summed E-state index contributed by atoms with van der Waals surface area (Å²) in [6.45, 7) is 7.61. The van der Waals surface area contributed by atoms with E-state index in [-0.39, 0.29) is 12.0 Å². The first-order valence-electron chi connectivity index (χ1n) is 7.80. The van der Waals surface area contributed by atoms with Crippen molar-refractivity contribution >= 4 is 5.91 Å². The fourth-order valence-corrected chi connectivity index (χ4v) is 3.04. The topological polar surface area (TPSA) is 41.6 Å². The van der Waals surface area contributed by atoms with E-state index in [0.29, 0.717) is 18.6 Å². The molecule has 2 atom stereocenters. The number of piperidine rings is 1. The van der Waals surface area contributed by atoms with Crippen molar-refractivity contribution in [2.24, 2.45) is 5.92 Å². The Balaban J connectivity index is 1.91. The van der Waals surface area contributed by atoms with Crippen molar-refractivity contribution in [2.45, 2.75) is 58.0 Å². The minimum atomic E-state index is 0.0831. The predicted octanol–water partition coefficient (Wildman–Crippen LogP) is 1.79. The van der Waals surface area contributed by atoms with Gasteiger partial charge in [0, 0.05) is 25.2 Å². The average molecular weight is 268 g/mol. The van der Waals surface area contributed by atoms with E-state index in [1.807, 2.05) is 0 Å². The van der Waals surface area contributed by atoms with Crippen LogP contribution in [-0.4, -0.2) is 49.2 Å². The first kappa shape index (κ1) is 14.8. The van der Waals surface area contributed by atoms with Gasteiger partial charge in [-0.3, -0.25) is 4.79 Å². The van der Waals surface area contributed by atoms with Crippen LogP contribution in [0.15, 0.2) is 0 Å². The van der Waals surface area contributed by atoms with Crippen LogP contribution in [0.3, 0.4) is 0 Å². The molecule has 0 aromatic rings. The highest BCUT2D eigenvalue weighted by Gasteiger charge is 2.29. The molecular weight excluding hydrogens is 240 g/mol. The molecule has 19 heavy (non-hydrogen) atoms. The van der Waals surface area contributed by atoms with Crippen LogP contribution >= 0.6 is 0 Å². The van der Waals surface area contributed by atoms with E-state index < -0.39 is 0 Å². The molecule has 2 aliphatic rings. The van der Waals surface area contributed by atoms with Crippen molar-refractivity contribution in [3.8, 4) is 0 Å². The van der Waals surface area contributed by atoms with E-state index in [4.69, 9.17) is 4.74 Å². The van der Waals surface area contributed by atoms with Gasteiger partial charge in [-0.15, -0.1) is 0 Å². The van der Waals surface area contributed by atoms with Gasteiger partial charge in [0.15, 0.2) is 0 Å². The zero-order chi connectivity index (χ0) is 13.7. The molecule has 2 fully saturated rings. The minimum absolute atomic E-state index is 0.0831. The summed E-state index contributed by atoms with van der Waals surface area (Å²) in [7, 11) is 0. The highest BCUT2D eigenvalue weighted by Crippen LogP contribution is 2.19. The monoisotopic (exact) mass is 268 g/mol. The van der Waals surface area contributed by atoms with Gasteiger partial charge in [-0.25, -0.2) is 0 Å². The number of carbonyl (C=O) groups is 1. The standard InChI is InChI=1S/C15H28N2O2/c1-12(2)17(10-14-7-3-4-8-16-14)15(18)13-6-5-9-19-11-13/h12-14,16H,3-11H2,1-2H3. The molecule has 2 rings (SSSR count). The van der Waals surface area contributed by atoms with E-state index in [0.717, 1.165) is 32.5 Å². The number of rotatable bonds is 4. The van der Waals surface area contributed by atoms with Crippen LogP contribution < -0.4 is 5.32 Å². The molecule has 0 bridgehead atoms. The quantitative estimate of drug-likeness (QED) is 0.845. The number of nitrogens with one attached hydrogen (secondary N) is 1. The van der Waals surface area contributed by atoms with Crippen molar-refractivity contribution < 1.29 is 9.53 Å². The molecule has 0 radical (unpaired) electrons. The summed E-state index contributed by atoms with van der Waals surface area (Å²) < 4.78 is 5.46. The van der Waals surface area contributed by atoms with Crippen LogP contribution in [0.2, 0.25) is 0 Å². The zero-order valence-electron chi connectivity index (χ0n) is 12.4. The Kier molecular flexibility index (Phi) is 5.64. The average Bonchev–Trinajstić information content (AvgIpc) is 2.46. The largest absolute Gasteiger partial charge is 0.381 e. The van der Waals surface area contributed by atoms with Crippen LogP contribution in [0, 0.1) is 5.92 Å². The van der Waals surface area contributed by atoms with Gasteiger partial charge in [0.1, 0.15) is 0 Å². The molecule has 2 aliphatic heterocycles. The Bertz CT molecular complexity index is 282. The molecule has 0 aromatic carbocycles. The number of hydrogen-bond acceptors (Lipinski definition) is 3. The molecule has 0 aliphatic carbocycles. The van der Waals surface area contributed by atoms with E-state index >= 15 is 0 Å². The van der Waals surface area contributed by atoms with Gasteiger partial charge in [-0.2, -0.15) is 0 Å². The van der Waals surface area contributed by atoms with Crippen molar-refractivity contribution in [2.75, 3.05) is 26.3 Å². The van der Waals surface area contributed by atoms with Crippen molar-refractivity contribution in [3.63, 3.8) is 0 Å². The SMILES string of the molecule is CC(C)N(CC1CCCCN1)C(=O)C1CCCOC1. The van der Waals surface area contributed by atoms with E-state index in [1.165, 1.54) is 19.3 Å². The zero-order valence-corrected chi connectivity index (χ0v) is 12.4. The van der Waals surface area contributed by atoms with Gasteiger partial charge in [0.25, 0.3) is 0 Å². The lowest BCUT2D eigenvalue weighted by Crippen LogP contribution is -2.50. The van der Waals surface area contributed by atoms with Gasteiger partial charge >= 0.3 is 0 Å². The second-order valence-electron chi connectivity index (χ2n) is 6.15. The second-order valence-corrected chi connectivity index (χ2v) is 6.15. The molecule has 4 heteroatoms. The Morgan fingerprint density at radius 1 is 1.32 bits per heavy atom. The maximum Gasteiger partial charge on any atom is 0.228 e. The van der Waals surface area contributed by atoms with Crippen molar-refractivity contribution in [1.82, 2.24) is 10.2 Å². The number of carbonyl (C=O) groups excluding carboxylic acids is 1. The van der Waals surface area contributed by atoms with Crippen molar-refractivity contribution in [1.29, 1.82) is 0 Å². The van der Waals surface area contributed by atoms with Crippen LogP contribution in [-0.2, 0) is 9.53 Å². The highest BCUT2D eigenvalue weighted by molar-refractivity contribution is 5.79. The first-order chi connectivity index (χ1) is 9.18. The number of hydrogen-bond donors (Lipinski definition) is 1. The van der Waals surface area contributed by atoms with Gasteiger partial charge in [-0.1, -0.05) is 6.42 Å². The van der Waals surface area contributed by atoms with Gasteiger partial charge in [0.05, 0.1) is 12.5 Å². The van der Waals surface area contributed by atoms with E-state index in [1.54, 1.807) is 0 Å². The number of ether oxygens (including phenoxy) is 1. The fraction of sp³-hybridized carbons (Fsp3) is 0.933. The van der Waals surface area contributed by atoms with Gasteiger partial charge in [-0.05, 0) is 46.1 Å². The number of amides is 1. The van der Waals surface area contributed by atoms with E-state index in [2.05, 4.69) is 24.1 Å². The first-order valence-corrected chi connectivity index (χ1v) is 7.80. The normalized spacial score (nSPS) is 28.4. The Labute approximate surface area is 116 Å². The molecular formula is C15H28N2O2. The summed E-state index contributed by atoms with van der Waals surface area (Å²) in [4.78, 5) is 14.7. The Morgan fingerprint density at radius 2 is 2.16 bits per heavy atom. The minimum Gasteiger partial charge on any atom is -0.381 e. The summed E-state index contributed by atoms with van der Waals surface area (Å²) in [5, 5.41) is 3.54. The number of nitrogens with zero attached hydrogens (tertiary/aromatic N) is 1. The third-order valence-electron chi connectivity index (χ3n) is 4.25. The summed E-state index contributed by atoms with van der Waals surface area (Å²) >= 11 is 0. The smallest absolute Gasteiger partial charge is 0.228 e. The molecule has 1 amide bonds. The molecule has 0 saturated carbocycles. The van der Waals surface area contributed by atoms with Crippen LogP contribution in [0.4, 0.5) is 0 Å². The van der Waals surface area contributed by atoms with Crippen LogP contribution in [0.1, 0.15) is 46.0 Å². The Morgan fingerprint density at radius 3 is 2.74 bits per heavy atom. The maximum atomic E-state index is 12.6. The molecule has 2 heterocycles. The summed E-state index contributed by atoms with van der Waals surface area (Å²) in [6, 6.07) is 0.753. The third-order valence-corrected chi connectivity index (χ3v) is 4.25. The molecule has 1 N–H and O–H groups in total. The lowest BCUT2D eigenvalue weighted by molar-refractivity contribution is -0.142. The molecule has 0 aromatic heterocycles. The summed E-state index contributed by atoms with van der Waals surface area (Å²) in [5.74, 6) is 0.377. The fourth-order valence-electron chi connectivity index (χ4n) is 3.04. The molecule has 4 nitrogen and oxygen atoms in total. The van der Waals surface area contributed by atoms with Gasteiger partial charge < -0.3 is 15.0 Å². The molecule has 2 unspecified atom stereocenters. The van der Waals surface area contributed by atoms with Gasteiger partial charge in [0.2, 0.25) is 5.91 Å². The molecule has 0 spiro atoms. The van der Waals surface area contributed by atoms with Crippen molar-refractivity contribution in [3.05, 3.63) is 0 Å². The molecule has 110 valence electrons.